The van der Waals surface area contributed by atoms with Gasteiger partial charge >= 0.3 is 0 Å². The minimum absolute atomic E-state index is 0.353. The fraction of sp³-hybridized carbons (Fsp3) is 0.846. The van der Waals surface area contributed by atoms with Gasteiger partial charge in [-0.15, -0.1) is 0 Å². The maximum Gasteiger partial charge on any atom is 0.0431 e. The van der Waals surface area contributed by atoms with Crippen LogP contribution in [0.5, 0.6) is 0 Å². The second-order valence-corrected chi connectivity index (χ2v) is 4.08. The highest BCUT2D eigenvalue weighted by molar-refractivity contribution is 4.97. The molecule has 0 spiro atoms. The fourth-order valence-corrected chi connectivity index (χ4v) is 1.52. The van der Waals surface area contributed by atoms with Crippen LogP contribution in [0.3, 0.4) is 0 Å². The molecule has 1 heteroatoms. The van der Waals surface area contributed by atoms with Gasteiger partial charge in [0.05, 0.1) is 0 Å². The molecule has 0 heterocycles. The monoisotopic (exact) mass is 198 g/mol. The van der Waals surface area contributed by atoms with Gasteiger partial charge in [-0.25, -0.2) is 0 Å². The van der Waals surface area contributed by atoms with E-state index in [0.717, 1.165) is 6.42 Å². The van der Waals surface area contributed by atoms with E-state index in [1.165, 1.54) is 44.9 Å². The third-order valence-corrected chi connectivity index (χ3v) is 2.53. The molecule has 0 radical (unpaired) electrons. The molecular formula is C13H26O. The van der Waals surface area contributed by atoms with Crippen molar-refractivity contribution in [1.82, 2.24) is 0 Å². The smallest absolute Gasteiger partial charge is 0.0431 e. The van der Waals surface area contributed by atoms with E-state index in [2.05, 4.69) is 19.9 Å². The third kappa shape index (κ3) is 9.79. The third-order valence-electron chi connectivity index (χ3n) is 2.53. The van der Waals surface area contributed by atoms with Crippen molar-refractivity contribution in [2.24, 2.45) is 0 Å². The summed E-state index contributed by atoms with van der Waals surface area (Å²) in [6, 6.07) is 0. The molecule has 0 saturated carbocycles. The zero-order valence-corrected chi connectivity index (χ0v) is 9.89. The van der Waals surface area contributed by atoms with E-state index in [9.17, 15) is 0 Å². The Labute approximate surface area is 89.2 Å². The quantitative estimate of drug-likeness (QED) is 0.437. The lowest BCUT2D eigenvalue weighted by molar-refractivity contribution is 0.282. The number of hydrogen-bond acceptors (Lipinski definition) is 1. The van der Waals surface area contributed by atoms with E-state index in [0.29, 0.717) is 6.61 Å². The second-order valence-electron chi connectivity index (χ2n) is 4.08. The summed E-state index contributed by atoms with van der Waals surface area (Å²) >= 11 is 0. The van der Waals surface area contributed by atoms with Crippen LogP contribution in [-0.4, -0.2) is 11.7 Å². The average Bonchev–Trinajstić information content (AvgIpc) is 2.20. The highest BCUT2D eigenvalue weighted by Crippen LogP contribution is 2.10. The largest absolute Gasteiger partial charge is 0.396 e. The Morgan fingerprint density at radius 1 is 1.07 bits per heavy atom. The van der Waals surface area contributed by atoms with Gasteiger partial charge in [-0.1, -0.05) is 37.8 Å². The summed E-state index contributed by atoms with van der Waals surface area (Å²) in [5, 5.41) is 8.60. The van der Waals surface area contributed by atoms with Gasteiger partial charge in [-0.3, -0.25) is 0 Å². The normalized spacial score (nSPS) is 12.1. The number of aliphatic hydroxyl groups excluding tert-OH is 1. The van der Waals surface area contributed by atoms with Crippen LogP contribution in [0.15, 0.2) is 11.6 Å². The molecule has 1 nitrogen and oxygen atoms in total. The number of aliphatic hydroxyl groups is 1. The molecule has 0 bridgehead atoms. The molecule has 0 atom stereocenters. The molecule has 0 aromatic carbocycles. The first-order valence-corrected chi connectivity index (χ1v) is 6.07. The van der Waals surface area contributed by atoms with Gasteiger partial charge in [0.25, 0.3) is 0 Å². The lowest BCUT2D eigenvalue weighted by Crippen LogP contribution is -1.83. The van der Waals surface area contributed by atoms with Crippen LogP contribution in [0.25, 0.3) is 0 Å². The minimum atomic E-state index is 0.353. The summed E-state index contributed by atoms with van der Waals surface area (Å²) in [6.07, 6.45) is 12.2. The minimum Gasteiger partial charge on any atom is -0.396 e. The zero-order valence-electron chi connectivity index (χ0n) is 9.89. The highest BCUT2D eigenvalue weighted by atomic mass is 16.2. The maximum atomic E-state index is 8.60. The summed E-state index contributed by atoms with van der Waals surface area (Å²) < 4.78 is 0. The van der Waals surface area contributed by atoms with Crippen molar-refractivity contribution in [1.29, 1.82) is 0 Å². The molecule has 0 aliphatic carbocycles. The Hall–Kier alpha value is -0.300. The summed E-state index contributed by atoms with van der Waals surface area (Å²) in [5.74, 6) is 0. The molecule has 0 aliphatic heterocycles. The van der Waals surface area contributed by atoms with Crippen LogP contribution >= 0.6 is 0 Å². The van der Waals surface area contributed by atoms with Gasteiger partial charge in [0.1, 0.15) is 0 Å². The van der Waals surface area contributed by atoms with E-state index >= 15 is 0 Å². The summed E-state index contributed by atoms with van der Waals surface area (Å²) in [7, 11) is 0. The number of hydrogen-bond donors (Lipinski definition) is 1. The van der Waals surface area contributed by atoms with Crippen LogP contribution in [0, 0.1) is 0 Å². The SMILES string of the molecule is CCCCC(C)=CCCCCCCO. The average molecular weight is 198 g/mol. The van der Waals surface area contributed by atoms with Crippen molar-refractivity contribution in [2.45, 2.75) is 65.2 Å². The van der Waals surface area contributed by atoms with Gasteiger partial charge < -0.3 is 5.11 Å². The van der Waals surface area contributed by atoms with E-state index in [1.807, 2.05) is 0 Å². The van der Waals surface area contributed by atoms with Crippen LogP contribution in [0.2, 0.25) is 0 Å². The predicted molar refractivity (Wildman–Crippen MR) is 63.5 cm³/mol. The Morgan fingerprint density at radius 3 is 2.43 bits per heavy atom. The van der Waals surface area contributed by atoms with Gasteiger partial charge in [-0.2, -0.15) is 0 Å². The van der Waals surface area contributed by atoms with Crippen molar-refractivity contribution >= 4 is 0 Å². The lowest BCUT2D eigenvalue weighted by Gasteiger charge is -2.00. The van der Waals surface area contributed by atoms with Gasteiger partial charge in [-0.05, 0) is 39.0 Å². The predicted octanol–water partition coefficient (Wildman–Crippen LogP) is 4.07. The molecule has 0 fully saturated rings. The lowest BCUT2D eigenvalue weighted by atomic mass is 10.1. The first kappa shape index (κ1) is 13.7. The summed E-state index contributed by atoms with van der Waals surface area (Å²) in [6.45, 7) is 4.83. The molecule has 0 unspecified atom stereocenters. The maximum absolute atomic E-state index is 8.60. The van der Waals surface area contributed by atoms with E-state index in [-0.39, 0.29) is 0 Å². The molecule has 0 amide bonds. The summed E-state index contributed by atoms with van der Waals surface area (Å²) in [4.78, 5) is 0. The molecule has 0 rings (SSSR count). The fourth-order valence-electron chi connectivity index (χ4n) is 1.52. The van der Waals surface area contributed by atoms with Gasteiger partial charge in [0, 0.05) is 6.61 Å². The van der Waals surface area contributed by atoms with Crippen molar-refractivity contribution < 1.29 is 5.11 Å². The number of unbranched alkanes of at least 4 members (excludes halogenated alkanes) is 5. The van der Waals surface area contributed by atoms with Crippen LogP contribution in [0.1, 0.15) is 65.2 Å². The van der Waals surface area contributed by atoms with Crippen molar-refractivity contribution in [3.05, 3.63) is 11.6 Å². The van der Waals surface area contributed by atoms with E-state index in [4.69, 9.17) is 5.11 Å². The van der Waals surface area contributed by atoms with Crippen LogP contribution < -0.4 is 0 Å². The van der Waals surface area contributed by atoms with Crippen LogP contribution in [-0.2, 0) is 0 Å². The standard InChI is InChI=1S/C13H26O/c1-3-4-10-13(2)11-8-6-5-7-9-12-14/h11,14H,3-10,12H2,1-2H3. The molecule has 0 saturated heterocycles. The van der Waals surface area contributed by atoms with Gasteiger partial charge in [0.15, 0.2) is 0 Å². The molecule has 1 N–H and O–H groups in total. The molecule has 14 heavy (non-hydrogen) atoms. The topological polar surface area (TPSA) is 20.2 Å². The van der Waals surface area contributed by atoms with Crippen molar-refractivity contribution in [3.8, 4) is 0 Å². The van der Waals surface area contributed by atoms with Crippen molar-refractivity contribution in [2.75, 3.05) is 6.61 Å². The zero-order chi connectivity index (χ0) is 10.6. The second kappa shape index (κ2) is 10.8. The highest BCUT2D eigenvalue weighted by Gasteiger charge is 1.90. The molecule has 84 valence electrons. The van der Waals surface area contributed by atoms with Crippen molar-refractivity contribution in [3.63, 3.8) is 0 Å². The summed E-state index contributed by atoms with van der Waals surface area (Å²) in [5.41, 5.74) is 1.55. The number of rotatable bonds is 9. The first-order chi connectivity index (χ1) is 6.81. The Morgan fingerprint density at radius 2 is 1.79 bits per heavy atom. The van der Waals surface area contributed by atoms with E-state index in [1.54, 1.807) is 5.57 Å². The van der Waals surface area contributed by atoms with E-state index < -0.39 is 0 Å². The first-order valence-electron chi connectivity index (χ1n) is 6.07. The Bertz CT molecular complexity index is 138. The molecule has 0 aliphatic rings. The number of allylic oxidation sites excluding steroid dienone is 2. The molecule has 0 aromatic rings. The Kier molecular flexibility index (Phi) is 10.5. The van der Waals surface area contributed by atoms with Gasteiger partial charge in [0.2, 0.25) is 0 Å². The Balaban J connectivity index is 3.23. The molecule has 0 aromatic heterocycles. The molecular weight excluding hydrogens is 172 g/mol. The van der Waals surface area contributed by atoms with Crippen LogP contribution in [0.4, 0.5) is 0 Å².